The van der Waals surface area contributed by atoms with E-state index in [1.807, 2.05) is 0 Å². The summed E-state index contributed by atoms with van der Waals surface area (Å²) in [5, 5.41) is 12.7. The average molecular weight is 170 g/mol. The Balaban J connectivity index is 2.24. The number of carbonyl (C=O) groups excluding carboxylic acids is 1. The van der Waals surface area contributed by atoms with E-state index in [1.54, 1.807) is 0 Å². The van der Waals surface area contributed by atoms with Gasteiger partial charge in [0, 0.05) is 6.04 Å². The van der Waals surface area contributed by atoms with Crippen LogP contribution in [0.4, 0.5) is 4.79 Å². The molecule has 0 aliphatic heterocycles. The molecule has 0 radical (unpaired) electrons. The summed E-state index contributed by atoms with van der Waals surface area (Å²) in [6.45, 7) is 0. The van der Waals surface area contributed by atoms with Gasteiger partial charge < -0.3 is 15.2 Å². The summed E-state index contributed by atoms with van der Waals surface area (Å²) < 4.78 is 0. The van der Waals surface area contributed by atoms with Crippen molar-refractivity contribution in [2.75, 3.05) is 0 Å². The molecule has 70 valence electrons. The molecule has 1 rings (SSSR count). The SMILES string of the molecule is O=C([O-])NC1CCCCCCC1. The van der Waals surface area contributed by atoms with Crippen LogP contribution < -0.4 is 10.4 Å². The van der Waals surface area contributed by atoms with Crippen LogP contribution in [0.2, 0.25) is 0 Å². The minimum atomic E-state index is -1.12. The molecule has 0 aromatic heterocycles. The predicted octanol–water partition coefficient (Wildman–Crippen LogP) is 1.03. The molecule has 3 nitrogen and oxygen atoms in total. The Morgan fingerprint density at radius 1 is 1.08 bits per heavy atom. The standard InChI is InChI=1S/C9H17NO2/c11-9(12)10-8-6-4-2-1-3-5-7-8/h8,10H,1-7H2,(H,11,12)/p-1. The predicted molar refractivity (Wildman–Crippen MR) is 44.6 cm³/mol. The highest BCUT2D eigenvalue weighted by Crippen LogP contribution is 2.16. The number of carbonyl (C=O) groups is 1. The Kier molecular flexibility index (Phi) is 3.91. The van der Waals surface area contributed by atoms with Gasteiger partial charge in [0.05, 0.1) is 0 Å². The molecule has 0 bridgehead atoms. The third-order valence-electron chi connectivity index (χ3n) is 2.43. The van der Waals surface area contributed by atoms with E-state index >= 15 is 0 Å². The smallest absolute Gasteiger partial charge is 0.134 e. The molecule has 0 saturated heterocycles. The molecule has 0 spiro atoms. The number of amides is 1. The van der Waals surface area contributed by atoms with E-state index in [-0.39, 0.29) is 6.04 Å². The quantitative estimate of drug-likeness (QED) is 0.639. The number of hydrogen-bond donors (Lipinski definition) is 1. The average Bonchev–Trinajstić information content (AvgIpc) is 1.93. The molecule has 0 atom stereocenters. The summed E-state index contributed by atoms with van der Waals surface area (Å²) in [6.07, 6.45) is 6.91. The molecular weight excluding hydrogens is 154 g/mol. The Hall–Kier alpha value is -0.730. The molecular formula is C9H16NO2-. The topological polar surface area (TPSA) is 52.2 Å². The van der Waals surface area contributed by atoms with E-state index < -0.39 is 6.09 Å². The van der Waals surface area contributed by atoms with Gasteiger partial charge in [0.1, 0.15) is 6.09 Å². The molecule has 1 aliphatic rings. The molecule has 3 heteroatoms. The third-order valence-corrected chi connectivity index (χ3v) is 2.43. The number of nitrogens with one attached hydrogen (secondary N) is 1. The molecule has 1 N–H and O–H groups in total. The van der Waals surface area contributed by atoms with Crippen molar-refractivity contribution in [3.05, 3.63) is 0 Å². The number of carboxylic acid groups (broad SMARTS) is 1. The summed E-state index contributed by atoms with van der Waals surface area (Å²) in [5.41, 5.74) is 0. The van der Waals surface area contributed by atoms with Crippen LogP contribution in [0.25, 0.3) is 0 Å². The molecule has 0 unspecified atom stereocenters. The van der Waals surface area contributed by atoms with E-state index in [4.69, 9.17) is 0 Å². The van der Waals surface area contributed by atoms with Crippen LogP contribution in [0.3, 0.4) is 0 Å². The zero-order chi connectivity index (χ0) is 8.81. The molecule has 0 aromatic rings. The fourth-order valence-corrected chi connectivity index (χ4v) is 1.77. The maximum absolute atomic E-state index is 10.2. The maximum Gasteiger partial charge on any atom is 0.134 e. The molecule has 0 heterocycles. The van der Waals surface area contributed by atoms with Crippen LogP contribution >= 0.6 is 0 Å². The van der Waals surface area contributed by atoms with Gasteiger partial charge >= 0.3 is 0 Å². The zero-order valence-electron chi connectivity index (χ0n) is 7.34. The first kappa shape index (κ1) is 9.36. The van der Waals surface area contributed by atoms with Crippen LogP contribution in [0.1, 0.15) is 44.9 Å². The van der Waals surface area contributed by atoms with E-state index in [9.17, 15) is 9.90 Å². The van der Waals surface area contributed by atoms with E-state index in [0.717, 1.165) is 25.7 Å². The van der Waals surface area contributed by atoms with Crippen molar-refractivity contribution in [2.24, 2.45) is 0 Å². The zero-order valence-corrected chi connectivity index (χ0v) is 7.34. The van der Waals surface area contributed by atoms with Crippen LogP contribution in [0.15, 0.2) is 0 Å². The largest absolute Gasteiger partial charge is 0.530 e. The lowest BCUT2D eigenvalue weighted by Crippen LogP contribution is -2.43. The summed E-state index contributed by atoms with van der Waals surface area (Å²) in [6, 6.07) is 0.148. The maximum atomic E-state index is 10.2. The van der Waals surface area contributed by atoms with Gasteiger partial charge in [-0.25, -0.2) is 0 Å². The Bertz CT molecular complexity index is 139. The van der Waals surface area contributed by atoms with E-state index in [2.05, 4.69) is 5.32 Å². The molecule has 0 aromatic carbocycles. The molecule has 1 saturated carbocycles. The monoisotopic (exact) mass is 170 g/mol. The van der Waals surface area contributed by atoms with Crippen LogP contribution in [0, 0.1) is 0 Å². The Morgan fingerprint density at radius 3 is 2.08 bits per heavy atom. The van der Waals surface area contributed by atoms with Crippen LogP contribution in [-0.2, 0) is 0 Å². The van der Waals surface area contributed by atoms with Gasteiger partial charge in [-0.2, -0.15) is 0 Å². The minimum Gasteiger partial charge on any atom is -0.530 e. The van der Waals surface area contributed by atoms with Crippen molar-refractivity contribution in [3.63, 3.8) is 0 Å². The van der Waals surface area contributed by atoms with Crippen molar-refractivity contribution >= 4 is 6.09 Å². The minimum absolute atomic E-state index is 0.148. The lowest BCUT2D eigenvalue weighted by Gasteiger charge is -2.21. The van der Waals surface area contributed by atoms with Crippen molar-refractivity contribution < 1.29 is 9.90 Å². The Morgan fingerprint density at radius 2 is 1.58 bits per heavy atom. The van der Waals surface area contributed by atoms with Gasteiger partial charge in [-0.1, -0.05) is 32.1 Å². The summed E-state index contributed by atoms with van der Waals surface area (Å²) in [4.78, 5) is 10.2. The lowest BCUT2D eigenvalue weighted by atomic mass is 9.97. The second-order valence-corrected chi connectivity index (χ2v) is 3.47. The normalized spacial score (nSPS) is 21.0. The highest BCUT2D eigenvalue weighted by Gasteiger charge is 2.09. The highest BCUT2D eigenvalue weighted by molar-refractivity contribution is 5.62. The van der Waals surface area contributed by atoms with Crippen molar-refractivity contribution in [1.82, 2.24) is 5.32 Å². The van der Waals surface area contributed by atoms with E-state index in [0.29, 0.717) is 0 Å². The first-order valence-electron chi connectivity index (χ1n) is 4.76. The second-order valence-electron chi connectivity index (χ2n) is 3.47. The number of hydrogen-bond acceptors (Lipinski definition) is 2. The van der Waals surface area contributed by atoms with Gasteiger partial charge in [-0.15, -0.1) is 0 Å². The number of rotatable bonds is 1. The summed E-state index contributed by atoms with van der Waals surface area (Å²) in [7, 11) is 0. The van der Waals surface area contributed by atoms with Crippen molar-refractivity contribution in [1.29, 1.82) is 0 Å². The summed E-state index contributed by atoms with van der Waals surface area (Å²) >= 11 is 0. The van der Waals surface area contributed by atoms with Gasteiger partial charge in [0.2, 0.25) is 0 Å². The molecule has 1 aliphatic carbocycles. The first-order valence-corrected chi connectivity index (χ1v) is 4.76. The fraction of sp³-hybridized carbons (Fsp3) is 0.889. The fourth-order valence-electron chi connectivity index (χ4n) is 1.77. The molecule has 1 fully saturated rings. The van der Waals surface area contributed by atoms with Crippen LogP contribution in [0.5, 0.6) is 0 Å². The van der Waals surface area contributed by atoms with Gasteiger partial charge in [-0.3, -0.25) is 0 Å². The first-order chi connectivity index (χ1) is 5.79. The summed E-state index contributed by atoms with van der Waals surface area (Å²) in [5.74, 6) is 0. The molecule has 12 heavy (non-hydrogen) atoms. The van der Waals surface area contributed by atoms with Crippen molar-refractivity contribution in [2.45, 2.75) is 51.0 Å². The van der Waals surface area contributed by atoms with Crippen LogP contribution in [-0.4, -0.2) is 12.1 Å². The van der Waals surface area contributed by atoms with Gasteiger partial charge in [-0.05, 0) is 12.8 Å². The van der Waals surface area contributed by atoms with E-state index in [1.165, 1.54) is 19.3 Å². The van der Waals surface area contributed by atoms with Gasteiger partial charge in [0.15, 0.2) is 0 Å². The third kappa shape index (κ3) is 3.60. The molecule has 1 amide bonds. The van der Waals surface area contributed by atoms with Crippen molar-refractivity contribution in [3.8, 4) is 0 Å². The Labute approximate surface area is 73.2 Å². The lowest BCUT2D eigenvalue weighted by molar-refractivity contribution is -0.251. The van der Waals surface area contributed by atoms with Gasteiger partial charge in [0.25, 0.3) is 0 Å². The highest BCUT2D eigenvalue weighted by atomic mass is 16.4. The second kappa shape index (κ2) is 5.01.